The van der Waals surface area contributed by atoms with Crippen LogP contribution in [0.15, 0.2) is 54.5 Å². The minimum Gasteiger partial charge on any atom is -0.381 e. The van der Waals surface area contributed by atoms with Crippen molar-refractivity contribution in [2.24, 2.45) is 0 Å². The van der Waals surface area contributed by atoms with E-state index < -0.39 is 28.8 Å². The third-order valence-electron chi connectivity index (χ3n) is 5.51. The minimum atomic E-state index is -1.54. The van der Waals surface area contributed by atoms with Crippen molar-refractivity contribution in [3.63, 3.8) is 0 Å². The van der Waals surface area contributed by atoms with Gasteiger partial charge in [-0.25, -0.2) is 4.98 Å². The van der Waals surface area contributed by atoms with Crippen LogP contribution in [0.2, 0.25) is 0 Å². The third kappa shape index (κ3) is 7.09. The number of hydrogen-bond donors (Lipinski definition) is 4. The number of aliphatic hydroxyl groups is 1. The molecular weight excluding hydrogens is 488 g/mol. The van der Waals surface area contributed by atoms with Crippen molar-refractivity contribution >= 4 is 41.2 Å². The van der Waals surface area contributed by atoms with E-state index in [1.165, 1.54) is 23.0 Å². The summed E-state index contributed by atoms with van der Waals surface area (Å²) >= 11 is 2.62. The van der Waals surface area contributed by atoms with Crippen LogP contribution in [0.1, 0.15) is 19.4 Å². The fourth-order valence-corrected chi connectivity index (χ4v) is 5.51. The lowest BCUT2D eigenvalue weighted by Crippen LogP contribution is -2.58. The van der Waals surface area contributed by atoms with Crippen LogP contribution in [0.3, 0.4) is 0 Å². The maximum absolute atomic E-state index is 13.5. The van der Waals surface area contributed by atoms with E-state index in [1.54, 1.807) is 6.08 Å². The van der Waals surface area contributed by atoms with Gasteiger partial charge in [0.2, 0.25) is 11.8 Å². The molecule has 0 bridgehead atoms. The van der Waals surface area contributed by atoms with E-state index in [1.807, 2.05) is 44.2 Å². The molecule has 12 heteroatoms. The number of hydrogen-bond acceptors (Lipinski definition) is 8. The van der Waals surface area contributed by atoms with Gasteiger partial charge in [0.1, 0.15) is 12.4 Å². The van der Waals surface area contributed by atoms with Gasteiger partial charge in [0, 0.05) is 11.3 Å². The molecular formula is C23H30N6O4S2. The van der Waals surface area contributed by atoms with Crippen molar-refractivity contribution in [1.82, 2.24) is 30.7 Å². The molecule has 10 nitrogen and oxygen atoms in total. The summed E-state index contributed by atoms with van der Waals surface area (Å²) in [6, 6.07) is 7.62. The number of amides is 3. The number of aromatic nitrogens is 3. The number of carbonyl (C=O) groups excluding carboxylic acids is 3. The number of rotatable bonds is 11. The molecule has 188 valence electrons. The van der Waals surface area contributed by atoms with Crippen LogP contribution in [-0.4, -0.2) is 84.0 Å². The average Bonchev–Trinajstić information content (AvgIpc) is 3.47. The standard InChI is InChI=1S/C23H30N6O4S2/c1-4-10-24-20(32)19-23(2,3)35-14-29(19)21(33)18(31)16(11-15-8-6-5-7-9-15)27-17(30)12-34-22-25-13-26-28-22/h4-9,13,16,18-19,31H,1,10-12,14H2,2-3H3,(H,24,32)(H,27,30)(H,25,26,28). The van der Waals surface area contributed by atoms with Crippen molar-refractivity contribution < 1.29 is 19.5 Å². The summed E-state index contributed by atoms with van der Waals surface area (Å²) in [7, 11) is 0. The van der Waals surface area contributed by atoms with Crippen LogP contribution in [0, 0.1) is 0 Å². The first kappa shape index (κ1) is 26.8. The van der Waals surface area contributed by atoms with Crippen LogP contribution in [-0.2, 0) is 20.8 Å². The monoisotopic (exact) mass is 518 g/mol. The molecule has 3 atom stereocenters. The predicted octanol–water partition coefficient (Wildman–Crippen LogP) is 0.968. The quantitative estimate of drug-likeness (QED) is 0.255. The fourth-order valence-electron chi connectivity index (χ4n) is 3.78. The molecule has 0 radical (unpaired) electrons. The number of carbonyl (C=O) groups is 3. The Morgan fingerprint density at radius 1 is 1.37 bits per heavy atom. The number of nitrogens with zero attached hydrogens (tertiary/aromatic N) is 3. The van der Waals surface area contributed by atoms with Crippen LogP contribution < -0.4 is 10.6 Å². The van der Waals surface area contributed by atoms with Crippen LogP contribution in [0.5, 0.6) is 0 Å². The molecule has 1 aromatic carbocycles. The summed E-state index contributed by atoms with van der Waals surface area (Å²) in [4.78, 5) is 44.4. The van der Waals surface area contributed by atoms with Crippen molar-refractivity contribution in [2.75, 3.05) is 18.2 Å². The van der Waals surface area contributed by atoms with Crippen LogP contribution in [0.4, 0.5) is 0 Å². The largest absolute Gasteiger partial charge is 0.381 e. The zero-order chi connectivity index (χ0) is 25.4. The first-order valence-corrected chi connectivity index (χ1v) is 13.0. The van der Waals surface area contributed by atoms with Crippen LogP contribution in [0.25, 0.3) is 0 Å². The lowest BCUT2D eigenvalue weighted by Gasteiger charge is -2.33. The lowest BCUT2D eigenvalue weighted by atomic mass is 9.97. The molecule has 2 heterocycles. The Balaban J connectivity index is 1.76. The molecule has 0 aliphatic carbocycles. The van der Waals surface area contributed by atoms with Crippen molar-refractivity contribution in [3.05, 3.63) is 54.9 Å². The van der Waals surface area contributed by atoms with Gasteiger partial charge in [0.15, 0.2) is 11.3 Å². The second-order valence-corrected chi connectivity index (χ2v) is 11.1. The first-order chi connectivity index (χ1) is 16.7. The average molecular weight is 519 g/mol. The Labute approximate surface area is 212 Å². The maximum Gasteiger partial charge on any atom is 0.254 e. The molecule has 3 unspecified atom stereocenters. The first-order valence-electron chi connectivity index (χ1n) is 11.1. The van der Waals surface area contributed by atoms with E-state index in [4.69, 9.17) is 0 Å². The molecule has 35 heavy (non-hydrogen) atoms. The molecule has 4 N–H and O–H groups in total. The number of aliphatic hydroxyl groups excluding tert-OH is 1. The van der Waals surface area contributed by atoms with E-state index in [2.05, 4.69) is 32.4 Å². The van der Waals surface area contributed by atoms with Gasteiger partial charge in [-0.15, -0.1) is 18.3 Å². The third-order valence-corrected chi connectivity index (χ3v) is 7.76. The van der Waals surface area contributed by atoms with Crippen molar-refractivity contribution in [3.8, 4) is 0 Å². The molecule has 1 aliphatic heterocycles. The summed E-state index contributed by atoms with van der Waals surface area (Å²) < 4.78 is -0.549. The summed E-state index contributed by atoms with van der Waals surface area (Å²) in [6.45, 7) is 7.66. The molecule has 1 aromatic heterocycles. The highest BCUT2D eigenvalue weighted by atomic mass is 32.2. The van der Waals surface area contributed by atoms with Gasteiger partial charge in [-0.2, -0.15) is 5.10 Å². The van der Waals surface area contributed by atoms with Crippen molar-refractivity contribution in [1.29, 1.82) is 0 Å². The van der Waals surface area contributed by atoms with E-state index in [0.29, 0.717) is 5.16 Å². The van der Waals surface area contributed by atoms with E-state index in [9.17, 15) is 19.5 Å². The van der Waals surface area contributed by atoms with Gasteiger partial charge < -0.3 is 20.6 Å². The van der Waals surface area contributed by atoms with Crippen LogP contribution >= 0.6 is 23.5 Å². The number of aromatic amines is 1. The molecule has 2 aromatic rings. The Morgan fingerprint density at radius 2 is 2.11 bits per heavy atom. The molecule has 1 saturated heterocycles. The highest BCUT2D eigenvalue weighted by molar-refractivity contribution is 8.01. The number of benzene rings is 1. The van der Waals surface area contributed by atoms with Gasteiger partial charge in [-0.1, -0.05) is 48.2 Å². The topological polar surface area (TPSA) is 140 Å². The Kier molecular flexibility index (Phi) is 9.35. The molecule has 3 rings (SSSR count). The molecule has 0 saturated carbocycles. The smallest absolute Gasteiger partial charge is 0.254 e. The van der Waals surface area contributed by atoms with Gasteiger partial charge in [0.05, 0.1) is 17.7 Å². The Hall–Kier alpha value is -2.83. The van der Waals surface area contributed by atoms with E-state index in [0.717, 1.165) is 17.3 Å². The zero-order valence-corrected chi connectivity index (χ0v) is 21.3. The maximum atomic E-state index is 13.5. The highest BCUT2D eigenvalue weighted by Crippen LogP contribution is 2.39. The second-order valence-electron chi connectivity index (χ2n) is 8.51. The Morgan fingerprint density at radius 3 is 2.77 bits per heavy atom. The molecule has 1 fully saturated rings. The molecule has 1 aliphatic rings. The fraction of sp³-hybridized carbons (Fsp3) is 0.435. The second kappa shape index (κ2) is 12.2. The minimum absolute atomic E-state index is 0.0283. The van der Waals surface area contributed by atoms with Gasteiger partial charge >= 0.3 is 0 Å². The normalized spacial score (nSPS) is 18.5. The number of nitrogens with one attached hydrogen (secondary N) is 3. The van der Waals surface area contributed by atoms with Gasteiger partial charge in [0.25, 0.3) is 5.91 Å². The van der Waals surface area contributed by atoms with E-state index >= 15 is 0 Å². The summed E-state index contributed by atoms with van der Waals surface area (Å²) in [6.07, 6.45) is 1.61. The highest BCUT2D eigenvalue weighted by Gasteiger charge is 2.49. The number of thioether (sulfide) groups is 2. The predicted molar refractivity (Wildman–Crippen MR) is 136 cm³/mol. The SMILES string of the molecule is C=CCNC(=O)C1N(C(=O)C(O)C(Cc2ccccc2)NC(=O)CSc2ncn[nH]2)CSC1(C)C. The number of H-pyrrole nitrogens is 1. The lowest BCUT2D eigenvalue weighted by molar-refractivity contribution is -0.147. The summed E-state index contributed by atoms with van der Waals surface area (Å²) in [5.41, 5.74) is 0.851. The van der Waals surface area contributed by atoms with Gasteiger partial charge in [-0.05, 0) is 25.8 Å². The summed E-state index contributed by atoms with van der Waals surface area (Å²) in [5, 5.41) is 23.6. The Bertz CT molecular complexity index is 1020. The molecule has 3 amide bonds. The zero-order valence-electron chi connectivity index (χ0n) is 19.6. The van der Waals surface area contributed by atoms with E-state index in [-0.39, 0.29) is 36.4 Å². The van der Waals surface area contributed by atoms with Gasteiger partial charge in [-0.3, -0.25) is 19.5 Å². The molecule has 0 spiro atoms. The summed E-state index contributed by atoms with van der Waals surface area (Å²) in [5.74, 6) is -1.00. The van der Waals surface area contributed by atoms with Crippen molar-refractivity contribution in [2.45, 2.75) is 48.4 Å².